The van der Waals surface area contributed by atoms with Gasteiger partial charge in [0, 0.05) is 5.92 Å². The number of unbranched alkanes of at least 4 members (excludes halogenated alkanes) is 2. The van der Waals surface area contributed by atoms with Crippen LogP contribution in [0.25, 0.3) is 0 Å². The topological polar surface area (TPSA) is 149 Å². The fourth-order valence-electron chi connectivity index (χ4n) is 3.98. The lowest BCUT2D eigenvalue weighted by Gasteiger charge is -2.46. The second kappa shape index (κ2) is 9.00. The second-order valence-electron chi connectivity index (χ2n) is 7.32. The van der Waals surface area contributed by atoms with Gasteiger partial charge < -0.3 is 20.4 Å². The molecule has 0 aromatic carbocycles. The van der Waals surface area contributed by atoms with E-state index >= 15 is 0 Å². The van der Waals surface area contributed by atoms with Gasteiger partial charge in [-0.2, -0.15) is 0 Å². The Bertz CT molecular complexity index is 477. The molecular weight excluding hydrogens is 344 g/mol. The average molecular weight is 374 g/mol. The minimum absolute atomic E-state index is 0.124. The van der Waals surface area contributed by atoms with Gasteiger partial charge in [0.25, 0.3) is 0 Å². The molecule has 0 aliphatic heterocycles. The van der Waals surface area contributed by atoms with Gasteiger partial charge in [-0.15, -0.1) is 0 Å². The quantitative estimate of drug-likeness (QED) is 0.301. The van der Waals surface area contributed by atoms with Crippen LogP contribution in [0.3, 0.4) is 0 Å². The molecule has 0 saturated carbocycles. The molecule has 0 rings (SSSR count). The molecule has 8 heteroatoms. The van der Waals surface area contributed by atoms with Gasteiger partial charge in [0.2, 0.25) is 0 Å². The minimum Gasteiger partial charge on any atom is -0.480 e. The molecule has 0 aliphatic rings. The van der Waals surface area contributed by atoms with Crippen molar-refractivity contribution >= 4 is 23.9 Å². The van der Waals surface area contributed by atoms with Crippen molar-refractivity contribution in [2.45, 2.75) is 60.3 Å². The molecular formula is C18H30O8. The lowest BCUT2D eigenvalue weighted by atomic mass is 9.52. The van der Waals surface area contributed by atoms with Crippen molar-refractivity contribution in [1.82, 2.24) is 0 Å². The SMILES string of the molecule is CCCCCC(C(C(=O)O)(C(=O)O)C(C)C)C(C(=O)O)(C(=O)O)C(C)C. The molecule has 8 nitrogen and oxygen atoms in total. The van der Waals surface area contributed by atoms with E-state index in [9.17, 15) is 39.6 Å². The molecule has 0 atom stereocenters. The van der Waals surface area contributed by atoms with Gasteiger partial charge in [0.1, 0.15) is 0 Å². The third-order valence-corrected chi connectivity index (χ3v) is 5.43. The van der Waals surface area contributed by atoms with E-state index in [4.69, 9.17) is 0 Å². The summed E-state index contributed by atoms with van der Waals surface area (Å²) in [5.74, 6) is -10.5. The first kappa shape index (κ1) is 23.9. The molecule has 0 unspecified atom stereocenters. The van der Waals surface area contributed by atoms with E-state index < -0.39 is 52.5 Å². The number of carboxylic acids is 4. The number of carbonyl (C=O) groups is 4. The maximum atomic E-state index is 12.1. The van der Waals surface area contributed by atoms with Gasteiger partial charge in [-0.1, -0.05) is 53.9 Å². The van der Waals surface area contributed by atoms with Crippen molar-refractivity contribution < 1.29 is 39.6 Å². The van der Waals surface area contributed by atoms with Gasteiger partial charge in [-0.05, 0) is 18.3 Å². The van der Waals surface area contributed by atoms with E-state index in [1.807, 2.05) is 6.92 Å². The summed E-state index contributed by atoms with van der Waals surface area (Å²) in [6, 6.07) is 0. The summed E-state index contributed by atoms with van der Waals surface area (Å²) in [6.45, 7) is 7.34. The molecule has 0 aliphatic carbocycles. The van der Waals surface area contributed by atoms with Gasteiger partial charge in [0.15, 0.2) is 10.8 Å². The maximum absolute atomic E-state index is 12.1. The summed E-state index contributed by atoms with van der Waals surface area (Å²) >= 11 is 0. The van der Waals surface area contributed by atoms with Crippen LogP contribution in [0, 0.1) is 28.6 Å². The van der Waals surface area contributed by atoms with Gasteiger partial charge in [-0.3, -0.25) is 19.2 Å². The maximum Gasteiger partial charge on any atom is 0.321 e. The smallest absolute Gasteiger partial charge is 0.321 e. The van der Waals surface area contributed by atoms with Crippen LogP contribution in [0.15, 0.2) is 0 Å². The molecule has 0 radical (unpaired) electrons. The van der Waals surface area contributed by atoms with Crippen molar-refractivity contribution in [2.24, 2.45) is 28.6 Å². The highest BCUT2D eigenvalue weighted by Gasteiger charge is 2.68. The predicted octanol–water partition coefficient (Wildman–Crippen LogP) is 2.81. The van der Waals surface area contributed by atoms with Crippen LogP contribution in [-0.2, 0) is 19.2 Å². The largest absolute Gasteiger partial charge is 0.480 e. The zero-order valence-electron chi connectivity index (χ0n) is 16.0. The van der Waals surface area contributed by atoms with Crippen LogP contribution >= 0.6 is 0 Å². The van der Waals surface area contributed by atoms with E-state index in [-0.39, 0.29) is 6.42 Å². The van der Waals surface area contributed by atoms with Crippen LogP contribution < -0.4 is 0 Å². The molecule has 0 amide bonds. The van der Waals surface area contributed by atoms with Gasteiger partial charge in [-0.25, -0.2) is 0 Å². The molecule has 26 heavy (non-hydrogen) atoms. The van der Waals surface area contributed by atoms with Crippen LogP contribution in [0.4, 0.5) is 0 Å². The third-order valence-electron chi connectivity index (χ3n) is 5.43. The fourth-order valence-corrected chi connectivity index (χ4v) is 3.98. The van der Waals surface area contributed by atoms with Crippen molar-refractivity contribution in [3.8, 4) is 0 Å². The minimum atomic E-state index is -2.53. The lowest BCUT2D eigenvalue weighted by molar-refractivity contribution is -0.193. The van der Waals surface area contributed by atoms with Crippen molar-refractivity contribution in [3.63, 3.8) is 0 Å². The summed E-state index contributed by atoms with van der Waals surface area (Å²) in [4.78, 5) is 48.5. The van der Waals surface area contributed by atoms with E-state index in [0.717, 1.165) is 6.42 Å². The fraction of sp³-hybridized carbons (Fsp3) is 0.778. The number of hydrogen-bond acceptors (Lipinski definition) is 4. The van der Waals surface area contributed by atoms with Crippen molar-refractivity contribution in [2.75, 3.05) is 0 Å². The Balaban J connectivity index is 6.96. The summed E-state index contributed by atoms with van der Waals surface area (Å²) in [5.41, 5.74) is -5.07. The monoisotopic (exact) mass is 374 g/mol. The molecule has 0 saturated heterocycles. The Morgan fingerprint density at radius 3 is 1.19 bits per heavy atom. The van der Waals surface area contributed by atoms with E-state index in [0.29, 0.717) is 12.8 Å². The molecule has 0 bridgehead atoms. The van der Waals surface area contributed by atoms with Gasteiger partial charge in [0.05, 0.1) is 0 Å². The summed E-state index contributed by atoms with van der Waals surface area (Å²) in [5, 5.41) is 39.3. The Morgan fingerprint density at radius 2 is 1.00 bits per heavy atom. The third kappa shape index (κ3) is 3.68. The molecule has 0 fully saturated rings. The highest BCUT2D eigenvalue weighted by atomic mass is 16.4. The number of carboxylic acid groups (broad SMARTS) is 4. The molecule has 0 spiro atoms. The van der Waals surface area contributed by atoms with Crippen LogP contribution in [0.1, 0.15) is 60.3 Å². The van der Waals surface area contributed by atoms with Crippen LogP contribution in [-0.4, -0.2) is 44.3 Å². The predicted molar refractivity (Wildman–Crippen MR) is 92.7 cm³/mol. The normalized spacial score (nSPS) is 12.6. The molecule has 4 N–H and O–H groups in total. The summed E-state index contributed by atoms with van der Waals surface area (Å²) in [6.07, 6.45) is 1.56. The molecule has 150 valence electrons. The summed E-state index contributed by atoms with van der Waals surface area (Å²) < 4.78 is 0. The van der Waals surface area contributed by atoms with Crippen molar-refractivity contribution in [3.05, 3.63) is 0 Å². The Hall–Kier alpha value is -2.12. The number of rotatable bonds is 12. The Kier molecular flexibility index (Phi) is 8.27. The number of aliphatic carboxylic acids is 4. The zero-order valence-corrected chi connectivity index (χ0v) is 16.0. The van der Waals surface area contributed by atoms with Crippen LogP contribution in [0.2, 0.25) is 0 Å². The summed E-state index contributed by atoms with van der Waals surface area (Å²) in [7, 11) is 0. The highest BCUT2D eigenvalue weighted by molar-refractivity contribution is 6.04. The first-order valence-electron chi connectivity index (χ1n) is 8.79. The number of hydrogen-bond donors (Lipinski definition) is 4. The van der Waals surface area contributed by atoms with Crippen LogP contribution in [0.5, 0.6) is 0 Å². The van der Waals surface area contributed by atoms with E-state index in [2.05, 4.69) is 0 Å². The van der Waals surface area contributed by atoms with Gasteiger partial charge >= 0.3 is 23.9 Å². The molecule has 0 aromatic rings. The Labute approximate surface area is 153 Å². The average Bonchev–Trinajstić information content (AvgIpc) is 2.45. The van der Waals surface area contributed by atoms with Crippen molar-refractivity contribution in [1.29, 1.82) is 0 Å². The Morgan fingerprint density at radius 1 is 0.692 bits per heavy atom. The first-order valence-corrected chi connectivity index (χ1v) is 8.79. The van der Waals surface area contributed by atoms with E-state index in [1.54, 1.807) is 0 Å². The second-order valence-corrected chi connectivity index (χ2v) is 7.32. The standard InChI is InChI=1S/C18H30O8/c1-6-7-8-9-12(17(10(2)3,13(19)20)14(21)22)18(11(4)5,15(23)24)16(25)26/h10-12H,6-9H2,1-5H3,(H,19,20)(H,21,22)(H,23,24)(H,25,26). The molecule has 0 aromatic heterocycles. The molecule has 0 heterocycles. The zero-order chi connectivity index (χ0) is 20.9. The van der Waals surface area contributed by atoms with E-state index in [1.165, 1.54) is 27.7 Å². The highest BCUT2D eigenvalue weighted by Crippen LogP contribution is 2.52. The lowest BCUT2D eigenvalue weighted by Crippen LogP contribution is -2.61. The first-order chi connectivity index (χ1) is 11.9.